The first-order valence-electron chi connectivity index (χ1n) is 23.0. The predicted octanol–water partition coefficient (Wildman–Crippen LogP) is 11.7. The molecule has 1 unspecified atom stereocenters. The minimum Gasteiger partial charge on any atom is -0.324 e. The zero-order valence-electron chi connectivity index (χ0n) is 37.2. The van der Waals surface area contributed by atoms with Crippen LogP contribution < -0.4 is 14.8 Å². The van der Waals surface area contributed by atoms with Crippen molar-refractivity contribution in [1.29, 1.82) is 0 Å². The smallest absolute Gasteiger partial charge is 0.250 e. The monoisotopic (exact) mass is 899 g/mol. The molecule has 0 fully saturated rings. The molecule has 9 nitrogen and oxygen atoms in total. The van der Waals surface area contributed by atoms with Gasteiger partial charge < -0.3 is 5.32 Å². The number of carbonyl (C=O) groups is 2. The van der Waals surface area contributed by atoms with E-state index in [0.717, 1.165) is 49.7 Å². The number of ketones is 1. The molecule has 0 heterocycles. The Balaban J connectivity index is 1.61. The van der Waals surface area contributed by atoms with Gasteiger partial charge in [-0.1, -0.05) is 179 Å². The minimum atomic E-state index is -4.14. The number of carbonyl (C=O) groups excluding carboxylic acids is 2. The van der Waals surface area contributed by atoms with Crippen molar-refractivity contribution in [2.45, 2.75) is 177 Å². The molecular weight excluding hydrogens is 826 g/mol. The van der Waals surface area contributed by atoms with Crippen molar-refractivity contribution in [2.24, 2.45) is 5.41 Å². The molecule has 0 saturated carbocycles. The number of anilines is 1. The molecule has 340 valence electrons. The van der Waals surface area contributed by atoms with E-state index in [4.69, 9.17) is 11.6 Å². The van der Waals surface area contributed by atoms with Gasteiger partial charge in [0.15, 0.2) is 11.2 Å². The molecule has 0 aliphatic rings. The summed E-state index contributed by atoms with van der Waals surface area (Å²) in [5.74, 6) is -1.66. The Kier molecular flexibility index (Phi) is 24.5. The van der Waals surface area contributed by atoms with E-state index in [-0.39, 0.29) is 9.79 Å². The van der Waals surface area contributed by atoms with Crippen molar-refractivity contribution < 1.29 is 26.4 Å². The summed E-state index contributed by atoms with van der Waals surface area (Å²) in [6.07, 6.45) is 26.5. The van der Waals surface area contributed by atoms with Crippen molar-refractivity contribution >= 4 is 49.0 Å². The highest BCUT2D eigenvalue weighted by atomic mass is 35.5. The van der Waals surface area contributed by atoms with Gasteiger partial charge in [-0.15, -0.1) is 11.6 Å². The highest BCUT2D eigenvalue weighted by molar-refractivity contribution is 7.89. The van der Waals surface area contributed by atoms with Gasteiger partial charge in [-0.3, -0.25) is 9.59 Å². The van der Waals surface area contributed by atoms with Crippen LogP contribution in [-0.4, -0.2) is 47.0 Å². The normalized spacial score (nSPS) is 12.7. The van der Waals surface area contributed by atoms with Crippen LogP contribution in [0.4, 0.5) is 5.69 Å². The number of sulfonamides is 2. The Morgan fingerprint density at radius 1 is 0.525 bits per heavy atom. The molecule has 3 aromatic carbocycles. The van der Waals surface area contributed by atoms with Crippen LogP contribution in [0, 0.1) is 5.41 Å². The van der Waals surface area contributed by atoms with Gasteiger partial charge in [0, 0.05) is 18.8 Å². The number of alkyl halides is 1. The van der Waals surface area contributed by atoms with Gasteiger partial charge in [0.1, 0.15) is 0 Å². The van der Waals surface area contributed by atoms with Crippen molar-refractivity contribution in [2.75, 3.05) is 18.4 Å². The van der Waals surface area contributed by atoms with Crippen LogP contribution in [0.15, 0.2) is 88.7 Å². The zero-order chi connectivity index (χ0) is 44.4. The third kappa shape index (κ3) is 19.9. The molecule has 0 aromatic heterocycles. The largest absolute Gasteiger partial charge is 0.324 e. The Bertz CT molecular complexity index is 1810. The van der Waals surface area contributed by atoms with Crippen LogP contribution in [-0.2, 0) is 42.5 Å². The van der Waals surface area contributed by atoms with Gasteiger partial charge in [-0.05, 0) is 73.2 Å². The fourth-order valence-corrected chi connectivity index (χ4v) is 10.0. The van der Waals surface area contributed by atoms with E-state index in [0.29, 0.717) is 5.69 Å². The summed E-state index contributed by atoms with van der Waals surface area (Å²) in [4.78, 5) is 27.2. The van der Waals surface area contributed by atoms with Gasteiger partial charge in [0.2, 0.25) is 26.0 Å². The summed E-state index contributed by atoms with van der Waals surface area (Å²) in [6, 6.07) is 21.8. The summed E-state index contributed by atoms with van der Waals surface area (Å²) in [5, 5.41) is 0.862. The van der Waals surface area contributed by atoms with E-state index >= 15 is 0 Å². The van der Waals surface area contributed by atoms with Crippen molar-refractivity contribution in [3.8, 4) is 0 Å². The lowest BCUT2D eigenvalue weighted by molar-refractivity contribution is -0.130. The zero-order valence-corrected chi connectivity index (χ0v) is 39.6. The summed E-state index contributed by atoms with van der Waals surface area (Å²) in [7, 11) is -8.27. The first kappa shape index (κ1) is 52.3. The average molecular weight is 901 g/mol. The number of hydrogen-bond donors (Lipinski definition) is 3. The number of para-hydroxylation sites is 1. The topological polar surface area (TPSA) is 139 Å². The molecule has 1 amide bonds. The van der Waals surface area contributed by atoms with Crippen LogP contribution in [0.25, 0.3) is 0 Å². The second kappa shape index (κ2) is 28.6. The van der Waals surface area contributed by atoms with Crippen LogP contribution in [0.5, 0.6) is 0 Å². The maximum atomic E-state index is 14.0. The van der Waals surface area contributed by atoms with E-state index in [1.165, 1.54) is 134 Å². The summed E-state index contributed by atoms with van der Waals surface area (Å²) in [6.45, 7) is 4.83. The highest BCUT2D eigenvalue weighted by Gasteiger charge is 2.42. The highest BCUT2D eigenvalue weighted by Crippen LogP contribution is 2.25. The molecule has 3 aromatic rings. The first-order valence-corrected chi connectivity index (χ1v) is 26.4. The number of hydrogen-bond acceptors (Lipinski definition) is 6. The summed E-state index contributed by atoms with van der Waals surface area (Å²) < 4.78 is 59.3. The predicted molar refractivity (Wildman–Crippen MR) is 252 cm³/mol. The van der Waals surface area contributed by atoms with Crippen LogP contribution >= 0.6 is 11.6 Å². The van der Waals surface area contributed by atoms with Gasteiger partial charge in [-0.25, -0.2) is 26.3 Å². The fourth-order valence-electron chi connectivity index (χ4n) is 7.37. The number of nitrogens with one attached hydrogen (secondary N) is 3. The van der Waals surface area contributed by atoms with E-state index in [1.807, 2.05) is 0 Å². The third-order valence-electron chi connectivity index (χ3n) is 11.5. The van der Waals surface area contributed by atoms with E-state index < -0.39 is 55.6 Å². The average Bonchev–Trinajstić information content (AvgIpc) is 3.26. The molecule has 3 N–H and O–H groups in total. The third-order valence-corrected chi connectivity index (χ3v) is 14.7. The lowest BCUT2D eigenvalue weighted by Crippen LogP contribution is -2.52. The Morgan fingerprint density at radius 3 is 1.23 bits per heavy atom. The number of amides is 1. The molecule has 0 saturated heterocycles. The molecular formula is C49H74ClN3O6S2. The maximum Gasteiger partial charge on any atom is 0.250 e. The molecule has 12 heteroatoms. The van der Waals surface area contributed by atoms with E-state index in [9.17, 15) is 26.4 Å². The SMILES string of the molecule is CCCCCCCCCCCCc1ccc(S(=O)(=O)NCC(C)(CNS(=O)(=O)c2ccc(CCCCCCCCCCCC)cc2)C(=O)C(Cl)C(=O)Nc2ccccc2)cc1. The summed E-state index contributed by atoms with van der Waals surface area (Å²) in [5.41, 5.74) is 0.733. The Labute approximate surface area is 374 Å². The fraction of sp³-hybridized carbons (Fsp3) is 0.592. The van der Waals surface area contributed by atoms with E-state index in [1.54, 1.807) is 54.6 Å². The Morgan fingerprint density at radius 2 is 0.869 bits per heavy atom. The molecule has 61 heavy (non-hydrogen) atoms. The van der Waals surface area contributed by atoms with Gasteiger partial charge >= 0.3 is 0 Å². The molecule has 3 rings (SSSR count). The Hall–Kier alpha value is -3.09. The number of Topliss-reactive ketones (excluding diaryl/α,β-unsaturated/α-hetero) is 1. The standard InChI is InChI=1S/C49H74ClN3O6S2/c1-4-6-8-10-12-14-16-18-20-23-27-41-31-35-44(36-32-41)60(56,57)51-39-49(3,47(54)46(50)48(55)53-43-29-25-22-26-30-43)40-52-61(58,59)45-37-33-42(34-38-45)28-24-21-19-17-15-13-11-9-7-5-2/h22,25-26,29-38,46,51-52H,4-21,23-24,27-28,39-40H2,1-3H3,(H,53,55). The minimum absolute atomic E-state index is 0.0110. The molecule has 0 radical (unpaired) electrons. The number of aryl methyl sites for hydroxylation is 2. The van der Waals surface area contributed by atoms with E-state index in [2.05, 4.69) is 28.6 Å². The lowest BCUT2D eigenvalue weighted by atomic mass is 9.84. The number of halogens is 1. The van der Waals surface area contributed by atoms with Crippen molar-refractivity contribution in [3.05, 3.63) is 90.0 Å². The van der Waals surface area contributed by atoms with Crippen LogP contribution in [0.1, 0.15) is 160 Å². The second-order valence-corrected chi connectivity index (χ2v) is 20.9. The van der Waals surface area contributed by atoms with Crippen LogP contribution in [0.3, 0.4) is 0 Å². The number of unbranched alkanes of at least 4 members (excludes halogenated alkanes) is 18. The maximum absolute atomic E-state index is 14.0. The number of rotatable bonds is 34. The van der Waals surface area contributed by atoms with Gasteiger partial charge in [0.05, 0.1) is 15.2 Å². The van der Waals surface area contributed by atoms with Crippen LogP contribution in [0.2, 0.25) is 0 Å². The molecule has 0 bridgehead atoms. The first-order chi connectivity index (χ1) is 29.3. The van der Waals surface area contributed by atoms with Crippen molar-refractivity contribution in [3.63, 3.8) is 0 Å². The second-order valence-electron chi connectivity index (χ2n) is 16.9. The number of benzene rings is 3. The molecule has 1 atom stereocenters. The summed E-state index contributed by atoms with van der Waals surface area (Å²) >= 11 is 6.47. The molecule has 0 aliphatic heterocycles. The van der Waals surface area contributed by atoms with Gasteiger partial charge in [0.25, 0.3) is 0 Å². The quantitative estimate of drug-likeness (QED) is 0.0310. The van der Waals surface area contributed by atoms with Crippen molar-refractivity contribution in [1.82, 2.24) is 9.44 Å². The lowest BCUT2D eigenvalue weighted by Gasteiger charge is -2.30. The molecule has 0 spiro atoms. The van der Waals surface area contributed by atoms with Gasteiger partial charge in [-0.2, -0.15) is 0 Å². The molecule has 0 aliphatic carbocycles.